The van der Waals surface area contributed by atoms with Crippen molar-refractivity contribution < 1.29 is 15.0 Å². The summed E-state index contributed by atoms with van der Waals surface area (Å²) in [6.45, 7) is 4.24. The Morgan fingerprint density at radius 3 is 2.80 bits per heavy atom. The molecule has 0 aliphatic carbocycles. The molecule has 20 heavy (non-hydrogen) atoms. The van der Waals surface area contributed by atoms with E-state index >= 15 is 0 Å². The molecule has 0 saturated heterocycles. The van der Waals surface area contributed by atoms with Gasteiger partial charge in [-0.05, 0) is 38.0 Å². The van der Waals surface area contributed by atoms with Crippen LogP contribution in [0, 0.1) is 0 Å². The molecule has 0 spiro atoms. The van der Waals surface area contributed by atoms with Crippen LogP contribution < -0.4 is 21.4 Å². The fourth-order valence-corrected chi connectivity index (χ4v) is 2.04. The number of anilines is 1. The Kier molecular flexibility index (Phi) is 4.03. The summed E-state index contributed by atoms with van der Waals surface area (Å²) < 4.78 is 0. The first kappa shape index (κ1) is 14.8. The van der Waals surface area contributed by atoms with Crippen molar-refractivity contribution >= 4 is 24.2 Å². The van der Waals surface area contributed by atoms with Gasteiger partial charge in [-0.2, -0.15) is 0 Å². The molecule has 7 heteroatoms. The summed E-state index contributed by atoms with van der Waals surface area (Å²) in [6, 6.07) is 3.10. The monoisotopic (exact) mass is 276 g/mol. The number of aromatic hydroxyl groups is 1. The minimum Gasteiger partial charge on any atom is -0.506 e. The molecule has 1 aliphatic heterocycles. The maximum Gasteiger partial charge on any atom is 0.274 e. The van der Waals surface area contributed by atoms with Gasteiger partial charge in [-0.25, -0.2) is 0 Å². The van der Waals surface area contributed by atoms with Gasteiger partial charge in [0.25, 0.3) is 7.28 Å². The second-order valence-electron chi connectivity index (χ2n) is 5.37. The first-order valence-corrected chi connectivity index (χ1v) is 6.47. The molecule has 1 aliphatic rings. The predicted octanol–water partition coefficient (Wildman–Crippen LogP) is -0.154. The van der Waals surface area contributed by atoms with Gasteiger partial charge in [0, 0.05) is 6.54 Å². The van der Waals surface area contributed by atoms with E-state index in [1.165, 1.54) is 13.3 Å². The number of carbonyl (C=O) groups excluding carboxylic acids is 1. The summed E-state index contributed by atoms with van der Waals surface area (Å²) in [5.41, 5.74) is 1.21. The molecular weight excluding hydrogens is 257 g/mol. The number of hydrogen-bond acceptors (Lipinski definition) is 5. The lowest BCUT2D eigenvalue weighted by Crippen LogP contribution is -2.51. The molecule has 1 atom stereocenters. The number of aliphatic hydroxyl groups is 1. The zero-order valence-corrected chi connectivity index (χ0v) is 11.8. The molecule has 0 bridgehead atoms. The summed E-state index contributed by atoms with van der Waals surface area (Å²) >= 11 is 0. The average Bonchev–Trinajstić information content (AvgIpc) is 2.79. The maximum absolute atomic E-state index is 11.4. The van der Waals surface area contributed by atoms with Crippen molar-refractivity contribution in [3.05, 3.63) is 17.7 Å². The number of aliphatic hydroxyl groups excluding tert-OH is 1. The first-order chi connectivity index (χ1) is 9.34. The van der Waals surface area contributed by atoms with Gasteiger partial charge in [0.15, 0.2) is 5.81 Å². The zero-order chi connectivity index (χ0) is 14.9. The second-order valence-corrected chi connectivity index (χ2v) is 5.37. The van der Waals surface area contributed by atoms with Crippen molar-refractivity contribution in [3.8, 4) is 5.75 Å². The zero-order valence-electron chi connectivity index (χ0n) is 11.8. The molecule has 1 unspecified atom stereocenters. The summed E-state index contributed by atoms with van der Waals surface area (Å²) in [5.74, 6) is -0.292. The highest BCUT2D eigenvalue weighted by Gasteiger charge is 2.28. The van der Waals surface area contributed by atoms with Gasteiger partial charge in [0.05, 0.1) is 17.5 Å². The van der Waals surface area contributed by atoms with Crippen LogP contribution in [0.15, 0.2) is 12.1 Å². The van der Waals surface area contributed by atoms with Crippen LogP contribution in [0.5, 0.6) is 5.75 Å². The fraction of sp³-hybridized carbons (Fsp3) is 0.462. The summed E-state index contributed by atoms with van der Waals surface area (Å²) in [7, 11) is 3.21. The molecule has 1 radical (unpaired) electrons. The van der Waals surface area contributed by atoms with E-state index in [-0.39, 0.29) is 17.2 Å². The lowest BCUT2D eigenvalue weighted by molar-refractivity contribution is 0.157. The SMILES string of the molecule is CNC(C)(C)NCC(O)c1ccc(O)c2c1[B]C(=O)N2. The van der Waals surface area contributed by atoms with Gasteiger partial charge in [-0.15, -0.1) is 0 Å². The van der Waals surface area contributed by atoms with Crippen LogP contribution in [0.2, 0.25) is 0 Å². The van der Waals surface area contributed by atoms with E-state index in [0.717, 1.165) is 0 Å². The molecule has 0 saturated carbocycles. The molecule has 0 fully saturated rings. The Morgan fingerprint density at radius 2 is 2.15 bits per heavy atom. The minimum absolute atomic E-state index is 0.00145. The number of rotatable bonds is 5. The summed E-state index contributed by atoms with van der Waals surface area (Å²) in [4.78, 5) is 11.4. The van der Waals surface area contributed by atoms with Gasteiger partial charge >= 0.3 is 0 Å². The Hall–Kier alpha value is -1.57. The molecule has 1 aromatic carbocycles. The van der Waals surface area contributed by atoms with Crippen LogP contribution in [0.4, 0.5) is 10.5 Å². The number of phenols is 1. The Morgan fingerprint density at radius 1 is 1.45 bits per heavy atom. The number of fused-ring (bicyclic) bond motifs is 1. The molecule has 0 aromatic heterocycles. The number of amides is 1. The largest absolute Gasteiger partial charge is 0.506 e. The van der Waals surface area contributed by atoms with Crippen LogP contribution in [-0.4, -0.2) is 42.6 Å². The number of phenolic OH excluding ortho intramolecular Hbond substituents is 1. The van der Waals surface area contributed by atoms with Crippen LogP contribution in [0.1, 0.15) is 25.5 Å². The van der Waals surface area contributed by atoms with Crippen LogP contribution >= 0.6 is 0 Å². The highest BCUT2D eigenvalue weighted by molar-refractivity contribution is 6.89. The van der Waals surface area contributed by atoms with Gasteiger partial charge in [-0.1, -0.05) is 6.07 Å². The van der Waals surface area contributed by atoms with Crippen molar-refractivity contribution in [1.29, 1.82) is 0 Å². The molecule has 1 amide bonds. The van der Waals surface area contributed by atoms with Gasteiger partial charge in [0.1, 0.15) is 5.75 Å². The van der Waals surface area contributed by atoms with E-state index in [2.05, 4.69) is 16.0 Å². The van der Waals surface area contributed by atoms with E-state index in [9.17, 15) is 15.0 Å². The van der Waals surface area contributed by atoms with Crippen molar-refractivity contribution in [2.45, 2.75) is 25.6 Å². The highest BCUT2D eigenvalue weighted by atomic mass is 16.3. The minimum atomic E-state index is -0.777. The lowest BCUT2D eigenvalue weighted by atomic mass is 9.69. The molecule has 1 heterocycles. The molecule has 107 valence electrons. The maximum atomic E-state index is 11.4. The van der Waals surface area contributed by atoms with Crippen LogP contribution in [0.25, 0.3) is 0 Å². The van der Waals surface area contributed by atoms with Gasteiger partial charge in [-0.3, -0.25) is 10.1 Å². The third-order valence-electron chi connectivity index (χ3n) is 3.50. The van der Waals surface area contributed by atoms with Gasteiger partial charge < -0.3 is 20.8 Å². The standard InChI is InChI=1S/C13H19BN3O3/c1-13(2,15-3)16-6-9(19)7-4-5-8(18)11-10(7)14-12(20)17-11/h4-5,9,15-16,18-19H,6H2,1-3H3,(H,17,20). The molecule has 1 aromatic rings. The van der Waals surface area contributed by atoms with Crippen LogP contribution in [-0.2, 0) is 0 Å². The molecular formula is C13H19BN3O3. The lowest BCUT2D eigenvalue weighted by Gasteiger charge is -2.27. The predicted molar refractivity (Wildman–Crippen MR) is 78.6 cm³/mol. The second kappa shape index (κ2) is 5.44. The fourth-order valence-electron chi connectivity index (χ4n) is 2.04. The smallest absolute Gasteiger partial charge is 0.274 e. The van der Waals surface area contributed by atoms with Crippen LogP contribution in [0.3, 0.4) is 0 Å². The highest BCUT2D eigenvalue weighted by Crippen LogP contribution is 2.27. The van der Waals surface area contributed by atoms with Crippen molar-refractivity contribution in [1.82, 2.24) is 10.6 Å². The first-order valence-electron chi connectivity index (χ1n) is 6.47. The number of carbonyl (C=O) groups is 1. The third-order valence-corrected chi connectivity index (χ3v) is 3.50. The Labute approximate surface area is 118 Å². The van der Waals surface area contributed by atoms with Crippen molar-refractivity contribution in [2.75, 3.05) is 18.9 Å². The quantitative estimate of drug-likeness (QED) is 0.293. The topological polar surface area (TPSA) is 93.6 Å². The van der Waals surface area contributed by atoms with E-state index in [0.29, 0.717) is 23.3 Å². The van der Waals surface area contributed by atoms with E-state index in [4.69, 9.17) is 0 Å². The average molecular weight is 276 g/mol. The number of nitrogens with one attached hydrogen (secondary N) is 3. The third kappa shape index (κ3) is 2.95. The Balaban J connectivity index is 2.18. The number of hydrogen-bond donors (Lipinski definition) is 5. The molecule has 2 rings (SSSR count). The van der Waals surface area contributed by atoms with E-state index in [1.54, 1.807) is 6.07 Å². The summed E-state index contributed by atoms with van der Waals surface area (Å²) in [6.07, 6.45) is -0.777. The summed E-state index contributed by atoms with van der Waals surface area (Å²) in [5, 5.41) is 28.8. The molecule has 6 nitrogen and oxygen atoms in total. The Bertz CT molecular complexity index is 534. The van der Waals surface area contributed by atoms with Crippen molar-refractivity contribution in [2.24, 2.45) is 0 Å². The van der Waals surface area contributed by atoms with Gasteiger partial charge in [0.2, 0.25) is 0 Å². The molecule has 5 N–H and O–H groups in total. The van der Waals surface area contributed by atoms with E-state index in [1.807, 2.05) is 20.9 Å². The normalized spacial score (nSPS) is 15.5. The number of benzene rings is 1. The van der Waals surface area contributed by atoms with E-state index < -0.39 is 6.10 Å². The van der Waals surface area contributed by atoms with Crippen molar-refractivity contribution in [3.63, 3.8) is 0 Å².